The zero-order valence-corrected chi connectivity index (χ0v) is 14.3. The van der Waals surface area contributed by atoms with E-state index in [9.17, 15) is 9.18 Å². The predicted octanol–water partition coefficient (Wildman–Crippen LogP) is 2.04. The van der Waals surface area contributed by atoms with E-state index in [1.165, 1.54) is 6.07 Å². The number of aryl methyl sites for hydroxylation is 1. The van der Waals surface area contributed by atoms with Crippen LogP contribution >= 0.6 is 0 Å². The monoisotopic (exact) mass is 345 g/mol. The van der Waals surface area contributed by atoms with Gasteiger partial charge in [0.05, 0.1) is 5.56 Å². The molecule has 1 aromatic heterocycles. The number of nitrogens with zero attached hydrogens (tertiary/aromatic N) is 1. The van der Waals surface area contributed by atoms with Crippen molar-refractivity contribution in [2.45, 2.75) is 12.8 Å². The van der Waals surface area contributed by atoms with Gasteiger partial charge in [-0.2, -0.15) is 0 Å². The molecule has 1 aliphatic rings. The van der Waals surface area contributed by atoms with Crippen molar-refractivity contribution in [3.05, 3.63) is 48.0 Å². The zero-order valence-electron chi connectivity index (χ0n) is 14.3. The Morgan fingerprint density at radius 1 is 1.20 bits per heavy atom. The first kappa shape index (κ1) is 17.6. The maximum atomic E-state index is 13.8. The Bertz CT molecular complexity index is 695. The molecule has 5 nitrogen and oxygen atoms in total. The number of amides is 1. The SMILES string of the molecule is O=C(CCc1ccc(-c2ccccc2F)o1)NCCN1CCNCC1. The summed E-state index contributed by atoms with van der Waals surface area (Å²) in [5.41, 5.74) is 0.439. The van der Waals surface area contributed by atoms with Crippen LogP contribution in [0.3, 0.4) is 0 Å². The van der Waals surface area contributed by atoms with E-state index in [2.05, 4.69) is 15.5 Å². The fourth-order valence-corrected chi connectivity index (χ4v) is 2.93. The molecule has 1 fully saturated rings. The molecule has 2 aromatic rings. The summed E-state index contributed by atoms with van der Waals surface area (Å²) in [5.74, 6) is 0.885. The largest absolute Gasteiger partial charge is 0.461 e. The third kappa shape index (κ3) is 5.14. The second-order valence-corrected chi connectivity index (χ2v) is 6.19. The van der Waals surface area contributed by atoms with E-state index >= 15 is 0 Å². The van der Waals surface area contributed by atoms with Gasteiger partial charge in [0.1, 0.15) is 17.3 Å². The summed E-state index contributed by atoms with van der Waals surface area (Å²) in [6, 6.07) is 10.1. The molecule has 3 rings (SSSR count). The minimum Gasteiger partial charge on any atom is -0.461 e. The van der Waals surface area contributed by atoms with Crippen LogP contribution in [0.4, 0.5) is 4.39 Å². The van der Waals surface area contributed by atoms with Crippen molar-refractivity contribution in [2.75, 3.05) is 39.3 Å². The van der Waals surface area contributed by atoms with E-state index in [4.69, 9.17) is 4.42 Å². The van der Waals surface area contributed by atoms with Gasteiger partial charge < -0.3 is 15.1 Å². The van der Waals surface area contributed by atoms with E-state index in [0.717, 1.165) is 32.7 Å². The molecule has 0 saturated carbocycles. The number of carbonyl (C=O) groups excluding carboxylic acids is 1. The molecule has 1 saturated heterocycles. The first-order chi connectivity index (χ1) is 12.2. The van der Waals surface area contributed by atoms with Gasteiger partial charge in [-0.05, 0) is 24.3 Å². The molecule has 1 aliphatic heterocycles. The van der Waals surface area contributed by atoms with Crippen LogP contribution in [0.5, 0.6) is 0 Å². The normalized spacial score (nSPS) is 15.2. The minimum atomic E-state index is -0.311. The molecule has 1 amide bonds. The van der Waals surface area contributed by atoms with Crippen molar-refractivity contribution in [3.63, 3.8) is 0 Å². The van der Waals surface area contributed by atoms with E-state index in [0.29, 0.717) is 36.5 Å². The van der Waals surface area contributed by atoms with E-state index in [1.54, 1.807) is 30.3 Å². The molecule has 1 aromatic carbocycles. The highest BCUT2D eigenvalue weighted by molar-refractivity contribution is 5.76. The average Bonchev–Trinajstić information content (AvgIpc) is 3.10. The van der Waals surface area contributed by atoms with Crippen LogP contribution in [0.15, 0.2) is 40.8 Å². The summed E-state index contributed by atoms with van der Waals surface area (Å²) in [7, 11) is 0. The number of furan rings is 1. The second kappa shape index (κ2) is 8.78. The maximum Gasteiger partial charge on any atom is 0.220 e. The summed E-state index contributed by atoms with van der Waals surface area (Å²) >= 11 is 0. The molecule has 0 radical (unpaired) electrons. The van der Waals surface area contributed by atoms with Gasteiger partial charge >= 0.3 is 0 Å². The second-order valence-electron chi connectivity index (χ2n) is 6.19. The third-order valence-corrected chi connectivity index (χ3v) is 4.36. The third-order valence-electron chi connectivity index (χ3n) is 4.36. The summed E-state index contributed by atoms with van der Waals surface area (Å²) in [4.78, 5) is 14.3. The van der Waals surface area contributed by atoms with Crippen molar-refractivity contribution in [3.8, 4) is 11.3 Å². The van der Waals surface area contributed by atoms with E-state index in [1.807, 2.05) is 0 Å². The van der Waals surface area contributed by atoms with Crippen LogP contribution in [0.2, 0.25) is 0 Å². The predicted molar refractivity (Wildman–Crippen MR) is 94.7 cm³/mol. The number of nitrogens with one attached hydrogen (secondary N) is 2. The van der Waals surface area contributed by atoms with Gasteiger partial charge in [-0.25, -0.2) is 4.39 Å². The van der Waals surface area contributed by atoms with Crippen molar-refractivity contribution in [2.24, 2.45) is 0 Å². The standard InChI is InChI=1S/C19H24FN3O2/c20-17-4-2-1-3-16(17)18-7-5-15(25-18)6-8-19(24)22-11-14-23-12-9-21-10-13-23/h1-5,7,21H,6,8-14H2,(H,22,24). The first-order valence-corrected chi connectivity index (χ1v) is 8.76. The van der Waals surface area contributed by atoms with Crippen molar-refractivity contribution >= 4 is 5.91 Å². The van der Waals surface area contributed by atoms with Gasteiger partial charge in [0.25, 0.3) is 0 Å². The minimum absolute atomic E-state index is 0.0129. The molecule has 134 valence electrons. The van der Waals surface area contributed by atoms with Gasteiger partial charge in [0.2, 0.25) is 5.91 Å². The molecular weight excluding hydrogens is 321 g/mol. The lowest BCUT2D eigenvalue weighted by atomic mass is 10.1. The number of carbonyl (C=O) groups is 1. The fourth-order valence-electron chi connectivity index (χ4n) is 2.93. The molecule has 6 heteroatoms. The van der Waals surface area contributed by atoms with Gasteiger partial charge in [-0.15, -0.1) is 0 Å². The highest BCUT2D eigenvalue weighted by Crippen LogP contribution is 2.25. The van der Waals surface area contributed by atoms with Crippen LogP contribution < -0.4 is 10.6 Å². The lowest BCUT2D eigenvalue weighted by molar-refractivity contribution is -0.121. The molecule has 0 spiro atoms. The van der Waals surface area contributed by atoms with Crippen LogP contribution in [0.1, 0.15) is 12.2 Å². The summed E-state index contributed by atoms with van der Waals surface area (Å²) in [6.07, 6.45) is 0.875. The maximum absolute atomic E-state index is 13.8. The number of halogens is 1. The van der Waals surface area contributed by atoms with Crippen molar-refractivity contribution < 1.29 is 13.6 Å². The molecular formula is C19H24FN3O2. The molecule has 0 atom stereocenters. The Hall–Kier alpha value is -2.18. The van der Waals surface area contributed by atoms with Crippen LogP contribution in [-0.4, -0.2) is 50.1 Å². The average molecular weight is 345 g/mol. The van der Waals surface area contributed by atoms with Gasteiger partial charge in [0, 0.05) is 52.1 Å². The highest BCUT2D eigenvalue weighted by atomic mass is 19.1. The number of benzene rings is 1. The fraction of sp³-hybridized carbons (Fsp3) is 0.421. The zero-order chi connectivity index (χ0) is 17.5. The first-order valence-electron chi connectivity index (χ1n) is 8.76. The van der Waals surface area contributed by atoms with Crippen molar-refractivity contribution in [1.82, 2.24) is 15.5 Å². The lowest BCUT2D eigenvalue weighted by Gasteiger charge is -2.27. The molecule has 2 heterocycles. The van der Waals surface area contributed by atoms with Gasteiger partial charge in [-0.1, -0.05) is 12.1 Å². The van der Waals surface area contributed by atoms with Crippen LogP contribution in [0.25, 0.3) is 11.3 Å². The highest BCUT2D eigenvalue weighted by Gasteiger charge is 2.11. The van der Waals surface area contributed by atoms with Crippen LogP contribution in [0, 0.1) is 5.82 Å². The molecule has 0 aliphatic carbocycles. The Kier molecular flexibility index (Phi) is 6.19. The van der Waals surface area contributed by atoms with Crippen molar-refractivity contribution in [1.29, 1.82) is 0 Å². The lowest BCUT2D eigenvalue weighted by Crippen LogP contribution is -2.46. The van der Waals surface area contributed by atoms with E-state index in [-0.39, 0.29) is 11.7 Å². The summed E-state index contributed by atoms with van der Waals surface area (Å²) in [6.45, 7) is 5.62. The number of hydrogen-bond acceptors (Lipinski definition) is 4. The Balaban J connectivity index is 1.41. The molecule has 25 heavy (non-hydrogen) atoms. The topological polar surface area (TPSA) is 57.5 Å². The molecule has 0 bridgehead atoms. The number of hydrogen-bond donors (Lipinski definition) is 2. The summed E-state index contributed by atoms with van der Waals surface area (Å²) in [5, 5.41) is 6.25. The Morgan fingerprint density at radius 3 is 2.80 bits per heavy atom. The number of rotatable bonds is 7. The summed E-state index contributed by atoms with van der Waals surface area (Å²) < 4.78 is 19.4. The quantitative estimate of drug-likeness (QED) is 0.806. The molecule has 2 N–H and O–H groups in total. The molecule has 0 unspecified atom stereocenters. The van der Waals surface area contributed by atoms with Gasteiger partial charge in [0.15, 0.2) is 0 Å². The number of piperazine rings is 1. The van der Waals surface area contributed by atoms with E-state index < -0.39 is 0 Å². The Labute approximate surface area is 147 Å². The smallest absolute Gasteiger partial charge is 0.220 e. The van der Waals surface area contributed by atoms with Crippen LogP contribution in [-0.2, 0) is 11.2 Å². The Morgan fingerprint density at radius 2 is 2.00 bits per heavy atom. The van der Waals surface area contributed by atoms with Gasteiger partial charge in [-0.3, -0.25) is 9.69 Å².